The summed E-state index contributed by atoms with van der Waals surface area (Å²) in [6.07, 6.45) is 1.16. The van der Waals surface area contributed by atoms with Gasteiger partial charge in [0.1, 0.15) is 0 Å². The van der Waals surface area contributed by atoms with E-state index < -0.39 is 5.97 Å². The number of carboxylic acid groups (broad SMARTS) is 1. The second-order valence-electron chi connectivity index (χ2n) is 3.89. The molecule has 2 aromatic carbocycles. The number of halogens is 2. The Bertz CT molecular complexity index is 634. The van der Waals surface area contributed by atoms with E-state index in [1.54, 1.807) is 18.2 Å². The maximum Gasteiger partial charge on any atom is 0.328 e. The summed E-state index contributed by atoms with van der Waals surface area (Å²) in [5.41, 5.74) is 2.11. The van der Waals surface area contributed by atoms with Gasteiger partial charge in [-0.15, -0.1) is 0 Å². The third-order valence-electron chi connectivity index (χ3n) is 2.58. The topological polar surface area (TPSA) is 37.3 Å². The zero-order valence-electron chi connectivity index (χ0n) is 9.81. The molecule has 0 aliphatic carbocycles. The molecule has 2 aromatic rings. The van der Waals surface area contributed by atoms with E-state index in [1.165, 1.54) is 0 Å². The first-order chi connectivity index (χ1) is 9.08. The van der Waals surface area contributed by atoms with Gasteiger partial charge in [0, 0.05) is 6.08 Å². The van der Waals surface area contributed by atoms with Crippen molar-refractivity contribution >= 4 is 34.7 Å². The number of rotatable bonds is 3. The summed E-state index contributed by atoms with van der Waals surface area (Å²) in [6.45, 7) is 0. The standard InChI is InChI=1S/C15H10Cl2O2/c16-13-7-6-11(8-14(13)17)12(9-15(18)19)10-4-2-1-3-5-10/h1-9H,(H,18,19). The highest BCUT2D eigenvalue weighted by Crippen LogP contribution is 2.29. The molecule has 0 heterocycles. The molecule has 0 spiro atoms. The fourth-order valence-electron chi connectivity index (χ4n) is 1.74. The van der Waals surface area contributed by atoms with Gasteiger partial charge < -0.3 is 5.11 Å². The number of hydrogen-bond acceptors (Lipinski definition) is 1. The van der Waals surface area contributed by atoms with E-state index in [-0.39, 0.29) is 0 Å². The Labute approximate surface area is 120 Å². The lowest BCUT2D eigenvalue weighted by atomic mass is 9.97. The molecular formula is C15H10Cl2O2. The highest BCUT2D eigenvalue weighted by Gasteiger charge is 2.09. The van der Waals surface area contributed by atoms with Gasteiger partial charge in [-0.2, -0.15) is 0 Å². The van der Waals surface area contributed by atoms with Gasteiger partial charge in [-0.05, 0) is 28.8 Å². The quantitative estimate of drug-likeness (QED) is 0.845. The first-order valence-electron chi connectivity index (χ1n) is 5.53. The summed E-state index contributed by atoms with van der Waals surface area (Å²) in [5.74, 6) is -1.01. The van der Waals surface area contributed by atoms with Crippen molar-refractivity contribution in [2.24, 2.45) is 0 Å². The molecule has 2 nitrogen and oxygen atoms in total. The van der Waals surface area contributed by atoms with Crippen LogP contribution in [0.3, 0.4) is 0 Å². The van der Waals surface area contributed by atoms with Gasteiger partial charge in [0.15, 0.2) is 0 Å². The first kappa shape index (κ1) is 13.7. The summed E-state index contributed by atoms with van der Waals surface area (Å²) >= 11 is 11.8. The molecule has 0 aromatic heterocycles. The average Bonchev–Trinajstić information content (AvgIpc) is 2.40. The number of carboxylic acids is 1. The highest BCUT2D eigenvalue weighted by atomic mass is 35.5. The van der Waals surface area contributed by atoms with Crippen molar-refractivity contribution in [2.45, 2.75) is 0 Å². The van der Waals surface area contributed by atoms with Gasteiger partial charge >= 0.3 is 5.97 Å². The minimum absolute atomic E-state index is 0.395. The van der Waals surface area contributed by atoms with E-state index in [4.69, 9.17) is 28.3 Å². The molecule has 0 unspecified atom stereocenters. The number of hydrogen-bond donors (Lipinski definition) is 1. The van der Waals surface area contributed by atoms with Crippen LogP contribution in [0, 0.1) is 0 Å². The minimum Gasteiger partial charge on any atom is -0.478 e. The Hall–Kier alpha value is -1.77. The molecule has 0 fully saturated rings. The van der Waals surface area contributed by atoms with E-state index in [9.17, 15) is 4.79 Å². The van der Waals surface area contributed by atoms with Crippen molar-refractivity contribution in [1.29, 1.82) is 0 Å². The van der Waals surface area contributed by atoms with E-state index in [0.29, 0.717) is 21.2 Å². The summed E-state index contributed by atoms with van der Waals surface area (Å²) in [4.78, 5) is 11.0. The lowest BCUT2D eigenvalue weighted by molar-refractivity contribution is -0.131. The summed E-state index contributed by atoms with van der Waals surface area (Å²) in [7, 11) is 0. The Kier molecular flexibility index (Phi) is 4.25. The van der Waals surface area contributed by atoms with Crippen LogP contribution in [0.4, 0.5) is 0 Å². The number of benzene rings is 2. The Morgan fingerprint density at radius 3 is 2.21 bits per heavy atom. The van der Waals surface area contributed by atoms with Crippen molar-refractivity contribution in [3.63, 3.8) is 0 Å². The van der Waals surface area contributed by atoms with Crippen LogP contribution in [0.2, 0.25) is 10.0 Å². The molecule has 96 valence electrons. The highest BCUT2D eigenvalue weighted by molar-refractivity contribution is 6.42. The maximum atomic E-state index is 11.0. The van der Waals surface area contributed by atoms with Crippen LogP contribution in [0.15, 0.2) is 54.6 Å². The van der Waals surface area contributed by atoms with Crippen LogP contribution >= 0.6 is 23.2 Å². The third-order valence-corrected chi connectivity index (χ3v) is 3.32. The molecule has 0 saturated heterocycles. The SMILES string of the molecule is O=C(O)C=C(c1ccccc1)c1ccc(Cl)c(Cl)c1. The molecule has 19 heavy (non-hydrogen) atoms. The van der Waals surface area contributed by atoms with Crippen LogP contribution in [-0.4, -0.2) is 11.1 Å². The van der Waals surface area contributed by atoms with Crippen molar-refractivity contribution < 1.29 is 9.90 Å². The Balaban J connectivity index is 2.56. The predicted molar refractivity (Wildman–Crippen MR) is 77.6 cm³/mol. The lowest BCUT2D eigenvalue weighted by Crippen LogP contribution is -1.94. The largest absolute Gasteiger partial charge is 0.478 e. The molecule has 0 bridgehead atoms. The van der Waals surface area contributed by atoms with Crippen LogP contribution in [0.25, 0.3) is 5.57 Å². The van der Waals surface area contributed by atoms with Crippen LogP contribution < -0.4 is 0 Å². The van der Waals surface area contributed by atoms with E-state index >= 15 is 0 Å². The molecule has 0 amide bonds. The second-order valence-corrected chi connectivity index (χ2v) is 4.71. The zero-order valence-corrected chi connectivity index (χ0v) is 11.3. The summed E-state index contributed by atoms with van der Waals surface area (Å²) in [5, 5.41) is 9.83. The van der Waals surface area contributed by atoms with E-state index in [1.807, 2.05) is 30.3 Å². The van der Waals surface area contributed by atoms with E-state index in [0.717, 1.165) is 11.6 Å². The average molecular weight is 293 g/mol. The summed E-state index contributed by atoms with van der Waals surface area (Å²) in [6, 6.07) is 14.3. The first-order valence-corrected chi connectivity index (χ1v) is 6.29. The third kappa shape index (κ3) is 3.37. The second kappa shape index (κ2) is 5.91. The predicted octanol–water partition coefficient (Wildman–Crippen LogP) is 4.51. The van der Waals surface area contributed by atoms with Gasteiger partial charge in [-0.3, -0.25) is 0 Å². The van der Waals surface area contributed by atoms with Gasteiger partial charge in [0.25, 0.3) is 0 Å². The Morgan fingerprint density at radius 1 is 0.947 bits per heavy atom. The normalized spacial score (nSPS) is 11.4. The van der Waals surface area contributed by atoms with Gasteiger partial charge in [0.2, 0.25) is 0 Å². The number of carbonyl (C=O) groups is 1. The van der Waals surface area contributed by atoms with Gasteiger partial charge in [-0.1, -0.05) is 59.6 Å². The minimum atomic E-state index is -1.01. The molecular weight excluding hydrogens is 283 g/mol. The molecule has 0 saturated carbocycles. The smallest absolute Gasteiger partial charge is 0.328 e. The van der Waals surface area contributed by atoms with Crippen LogP contribution in [0.5, 0.6) is 0 Å². The van der Waals surface area contributed by atoms with Crippen molar-refractivity contribution in [3.05, 3.63) is 75.8 Å². The van der Waals surface area contributed by atoms with Crippen LogP contribution in [-0.2, 0) is 4.79 Å². The monoisotopic (exact) mass is 292 g/mol. The van der Waals surface area contributed by atoms with Gasteiger partial charge in [-0.25, -0.2) is 4.79 Å². The van der Waals surface area contributed by atoms with Crippen LogP contribution in [0.1, 0.15) is 11.1 Å². The van der Waals surface area contributed by atoms with Crippen molar-refractivity contribution in [2.75, 3.05) is 0 Å². The molecule has 0 atom stereocenters. The fourth-order valence-corrected chi connectivity index (χ4v) is 2.04. The Morgan fingerprint density at radius 2 is 1.63 bits per heavy atom. The lowest BCUT2D eigenvalue weighted by Gasteiger charge is -2.08. The molecule has 0 aliphatic heterocycles. The van der Waals surface area contributed by atoms with E-state index in [2.05, 4.69) is 0 Å². The molecule has 0 aliphatic rings. The number of aliphatic carboxylic acids is 1. The van der Waals surface area contributed by atoms with Crippen molar-refractivity contribution in [3.8, 4) is 0 Å². The van der Waals surface area contributed by atoms with Crippen molar-refractivity contribution in [1.82, 2.24) is 0 Å². The molecule has 1 N–H and O–H groups in total. The zero-order chi connectivity index (χ0) is 13.8. The fraction of sp³-hybridized carbons (Fsp3) is 0. The molecule has 0 radical (unpaired) electrons. The van der Waals surface area contributed by atoms with Gasteiger partial charge in [0.05, 0.1) is 10.0 Å². The molecule has 4 heteroatoms. The molecule has 2 rings (SSSR count). The summed E-state index contributed by atoms with van der Waals surface area (Å²) < 4.78 is 0. The maximum absolute atomic E-state index is 11.0.